The molecule has 0 radical (unpaired) electrons. The lowest BCUT2D eigenvalue weighted by Crippen LogP contribution is -2.51. The number of carbonyl (C=O) groups excluding carboxylic acids is 2. The van der Waals surface area contributed by atoms with Gasteiger partial charge in [-0.3, -0.25) is 9.59 Å². The molecule has 1 rings (SSSR count). The van der Waals surface area contributed by atoms with Gasteiger partial charge in [0.1, 0.15) is 23.2 Å². The van der Waals surface area contributed by atoms with E-state index in [4.69, 9.17) is 0 Å². The molecule has 5 nitrogen and oxygen atoms in total. The maximum atomic E-state index is 13.7. The second kappa shape index (κ2) is 10.2. The number of benzene rings is 1. The minimum atomic E-state index is -0.957. The molecule has 0 aliphatic heterocycles. The summed E-state index contributed by atoms with van der Waals surface area (Å²) in [6.45, 7) is 4.57. The highest BCUT2D eigenvalue weighted by Crippen LogP contribution is 2.13. The maximum absolute atomic E-state index is 13.7. The van der Waals surface area contributed by atoms with E-state index < -0.39 is 29.1 Å². The number of nitrogens with zero attached hydrogens (tertiary/aromatic N) is 1. The normalized spacial score (nSPS) is 11.6. The van der Waals surface area contributed by atoms with E-state index in [1.807, 2.05) is 0 Å². The molecule has 0 bridgehead atoms. The average Bonchev–Trinajstić information content (AvgIpc) is 2.49. The van der Waals surface area contributed by atoms with Crippen LogP contribution in [0.5, 0.6) is 0 Å². The van der Waals surface area contributed by atoms with E-state index in [1.165, 1.54) is 11.0 Å². The van der Waals surface area contributed by atoms with Crippen LogP contribution in [0.3, 0.4) is 0 Å². The van der Waals surface area contributed by atoms with Crippen molar-refractivity contribution in [2.75, 3.05) is 27.2 Å². The lowest BCUT2D eigenvalue weighted by Gasteiger charge is -2.27. The minimum Gasteiger partial charge on any atom is -0.343 e. The van der Waals surface area contributed by atoms with E-state index in [-0.39, 0.29) is 24.2 Å². The average molecular weight is 364 g/mol. The first-order valence-electron chi connectivity index (χ1n) is 7.44. The van der Waals surface area contributed by atoms with Crippen LogP contribution in [0.25, 0.3) is 0 Å². The second-order valence-corrected chi connectivity index (χ2v) is 5.66. The molecule has 0 spiro atoms. The van der Waals surface area contributed by atoms with Gasteiger partial charge >= 0.3 is 0 Å². The Balaban J connectivity index is 0.00000529. The van der Waals surface area contributed by atoms with E-state index in [0.29, 0.717) is 13.1 Å². The second-order valence-electron chi connectivity index (χ2n) is 5.66. The van der Waals surface area contributed by atoms with Crippen LogP contribution in [0.2, 0.25) is 0 Å². The first-order chi connectivity index (χ1) is 10.8. The van der Waals surface area contributed by atoms with Crippen LogP contribution in [0.15, 0.2) is 18.2 Å². The van der Waals surface area contributed by atoms with E-state index >= 15 is 0 Å². The summed E-state index contributed by atoms with van der Waals surface area (Å²) in [5, 5.41) is 5.36. The van der Waals surface area contributed by atoms with Crippen LogP contribution >= 0.6 is 12.4 Å². The zero-order valence-electron chi connectivity index (χ0n) is 14.2. The summed E-state index contributed by atoms with van der Waals surface area (Å²) in [5.41, 5.74) is -0.677. The third-order valence-electron chi connectivity index (χ3n) is 3.48. The fourth-order valence-corrected chi connectivity index (χ4v) is 2.07. The lowest BCUT2D eigenvalue weighted by molar-refractivity contribution is -0.132. The molecular weight excluding hydrogens is 340 g/mol. The number of nitrogens with one attached hydrogen (secondary N) is 2. The zero-order valence-corrected chi connectivity index (χ0v) is 15.0. The molecule has 1 unspecified atom stereocenters. The monoisotopic (exact) mass is 363 g/mol. The van der Waals surface area contributed by atoms with Gasteiger partial charge in [-0.05, 0) is 25.1 Å². The highest BCUT2D eigenvalue weighted by atomic mass is 35.5. The Morgan fingerprint density at radius 2 is 1.75 bits per heavy atom. The third-order valence-corrected chi connectivity index (χ3v) is 3.48. The number of halogens is 3. The molecule has 136 valence electrons. The highest BCUT2D eigenvalue weighted by molar-refractivity contribution is 5.98. The fourth-order valence-electron chi connectivity index (χ4n) is 2.07. The van der Waals surface area contributed by atoms with Gasteiger partial charge in [0.05, 0.1) is 0 Å². The predicted octanol–water partition coefficient (Wildman–Crippen LogP) is 1.82. The zero-order chi connectivity index (χ0) is 17.6. The molecule has 24 heavy (non-hydrogen) atoms. The number of hydrogen-bond acceptors (Lipinski definition) is 3. The first-order valence-corrected chi connectivity index (χ1v) is 7.44. The van der Waals surface area contributed by atoms with Crippen molar-refractivity contribution in [1.29, 1.82) is 0 Å². The minimum absolute atomic E-state index is 0. The highest BCUT2D eigenvalue weighted by Gasteiger charge is 2.29. The van der Waals surface area contributed by atoms with Gasteiger partial charge in [0.2, 0.25) is 5.91 Å². The van der Waals surface area contributed by atoms with Crippen molar-refractivity contribution in [3.8, 4) is 0 Å². The smallest absolute Gasteiger partial charge is 0.257 e. The van der Waals surface area contributed by atoms with Gasteiger partial charge in [0, 0.05) is 20.1 Å². The summed E-state index contributed by atoms with van der Waals surface area (Å²) < 4.78 is 27.3. The topological polar surface area (TPSA) is 61.4 Å². The molecule has 0 aliphatic rings. The number of carbonyl (C=O) groups is 2. The van der Waals surface area contributed by atoms with Crippen molar-refractivity contribution in [2.24, 2.45) is 5.92 Å². The molecule has 1 atom stereocenters. The van der Waals surface area contributed by atoms with Gasteiger partial charge in [0.25, 0.3) is 5.91 Å². The van der Waals surface area contributed by atoms with Crippen molar-refractivity contribution < 1.29 is 18.4 Å². The van der Waals surface area contributed by atoms with Crippen molar-refractivity contribution in [2.45, 2.75) is 19.9 Å². The predicted molar refractivity (Wildman–Crippen MR) is 91.3 cm³/mol. The quantitative estimate of drug-likeness (QED) is 0.776. The Labute approximate surface area is 147 Å². The van der Waals surface area contributed by atoms with E-state index in [0.717, 1.165) is 12.1 Å². The van der Waals surface area contributed by atoms with Gasteiger partial charge in [-0.15, -0.1) is 12.4 Å². The molecule has 8 heteroatoms. The van der Waals surface area contributed by atoms with Gasteiger partial charge in [-0.2, -0.15) is 0 Å². The SMILES string of the molecule is CNCCN(C)C(=O)C(NC(=O)c1c(F)cccc1F)C(C)C.Cl. The fraction of sp³-hybridized carbons (Fsp3) is 0.500. The molecular formula is C16H24ClF2N3O2. The molecule has 0 heterocycles. The lowest BCUT2D eigenvalue weighted by atomic mass is 10.0. The number of hydrogen-bond donors (Lipinski definition) is 2. The van der Waals surface area contributed by atoms with Crippen LogP contribution in [-0.4, -0.2) is 49.9 Å². The van der Waals surface area contributed by atoms with Crippen molar-refractivity contribution in [3.05, 3.63) is 35.4 Å². The molecule has 2 N–H and O–H groups in total. The van der Waals surface area contributed by atoms with Gasteiger partial charge < -0.3 is 15.5 Å². The van der Waals surface area contributed by atoms with Gasteiger partial charge in [0.15, 0.2) is 0 Å². The summed E-state index contributed by atoms with van der Waals surface area (Å²) in [7, 11) is 3.38. The van der Waals surface area contributed by atoms with E-state index in [1.54, 1.807) is 27.9 Å². The van der Waals surface area contributed by atoms with Crippen LogP contribution in [0, 0.1) is 17.6 Å². The molecule has 0 fully saturated rings. The summed E-state index contributed by atoms with van der Waals surface area (Å²) in [5.74, 6) is -3.38. The Morgan fingerprint density at radius 1 is 1.21 bits per heavy atom. The number of rotatable bonds is 7. The molecule has 0 saturated carbocycles. The van der Waals surface area contributed by atoms with Crippen LogP contribution in [-0.2, 0) is 4.79 Å². The van der Waals surface area contributed by atoms with Crippen molar-refractivity contribution >= 4 is 24.2 Å². The summed E-state index contributed by atoms with van der Waals surface area (Å²) >= 11 is 0. The van der Waals surface area contributed by atoms with Crippen LogP contribution in [0.1, 0.15) is 24.2 Å². The number of amides is 2. The maximum Gasteiger partial charge on any atom is 0.257 e. The number of likely N-dealkylation sites (N-methyl/N-ethyl adjacent to an activating group) is 2. The van der Waals surface area contributed by atoms with E-state index in [9.17, 15) is 18.4 Å². The molecule has 0 aromatic heterocycles. The van der Waals surface area contributed by atoms with Crippen LogP contribution in [0.4, 0.5) is 8.78 Å². The largest absolute Gasteiger partial charge is 0.343 e. The Bertz CT molecular complexity index is 550. The Morgan fingerprint density at radius 3 is 2.21 bits per heavy atom. The molecule has 1 aromatic carbocycles. The van der Waals surface area contributed by atoms with Crippen LogP contribution < -0.4 is 10.6 Å². The third kappa shape index (κ3) is 5.72. The Hall–Kier alpha value is -1.73. The molecule has 1 aromatic rings. The van der Waals surface area contributed by atoms with Gasteiger partial charge in [-0.1, -0.05) is 19.9 Å². The summed E-state index contributed by atoms with van der Waals surface area (Å²) in [6.07, 6.45) is 0. The molecule has 0 aliphatic carbocycles. The summed E-state index contributed by atoms with van der Waals surface area (Å²) in [4.78, 5) is 26.1. The molecule has 0 saturated heterocycles. The standard InChI is InChI=1S/C16H23F2N3O2.ClH/c1-10(2)14(16(23)21(4)9-8-19-3)20-15(22)13-11(17)6-5-7-12(13)18;/h5-7,10,14,19H,8-9H2,1-4H3,(H,20,22);1H. The summed E-state index contributed by atoms with van der Waals surface area (Å²) in [6, 6.07) is 2.33. The van der Waals surface area contributed by atoms with Crippen molar-refractivity contribution in [1.82, 2.24) is 15.5 Å². The van der Waals surface area contributed by atoms with E-state index in [2.05, 4.69) is 10.6 Å². The van der Waals surface area contributed by atoms with Gasteiger partial charge in [-0.25, -0.2) is 8.78 Å². The molecule has 2 amide bonds. The Kier molecular flexibility index (Phi) is 9.47. The first kappa shape index (κ1) is 22.3. The van der Waals surface area contributed by atoms with Crippen molar-refractivity contribution in [3.63, 3.8) is 0 Å².